The minimum Gasteiger partial charge on any atom is -0.479 e. The molecule has 1 saturated carbocycles. The van der Waals surface area contributed by atoms with Gasteiger partial charge in [-0.2, -0.15) is 5.26 Å². The molecule has 1 fully saturated rings. The second-order valence-electron chi connectivity index (χ2n) is 7.32. The summed E-state index contributed by atoms with van der Waals surface area (Å²) in [5.74, 6) is -3.38. The largest absolute Gasteiger partial charge is 0.479 e. The van der Waals surface area contributed by atoms with Crippen LogP contribution in [0.3, 0.4) is 0 Å². The van der Waals surface area contributed by atoms with Crippen molar-refractivity contribution >= 4 is 23.6 Å². The molecule has 10 nitrogen and oxygen atoms in total. The Morgan fingerprint density at radius 2 is 1.61 bits per heavy atom. The monoisotopic (exact) mass is 432 g/mol. The van der Waals surface area contributed by atoms with Crippen LogP contribution >= 0.6 is 0 Å². The van der Waals surface area contributed by atoms with Crippen LogP contribution in [0.4, 0.5) is 0 Å². The van der Waals surface area contributed by atoms with Gasteiger partial charge in [0.05, 0.1) is 12.6 Å². The maximum atomic E-state index is 12.7. The number of nitriles is 1. The summed E-state index contributed by atoms with van der Waals surface area (Å²) >= 11 is 0. The number of hydrogen-bond donors (Lipinski definition) is 2. The molecule has 0 bridgehead atoms. The van der Waals surface area contributed by atoms with Crippen molar-refractivity contribution < 1.29 is 38.9 Å². The normalized spacial score (nSPS) is 17.8. The summed E-state index contributed by atoms with van der Waals surface area (Å²) in [4.78, 5) is 48.1. The Bertz CT molecular complexity index is 884. The third kappa shape index (κ3) is 6.99. The van der Waals surface area contributed by atoms with Crippen molar-refractivity contribution in [3.63, 3.8) is 0 Å². The number of carboxylic acids is 2. The van der Waals surface area contributed by atoms with Crippen molar-refractivity contribution in [1.82, 2.24) is 4.90 Å². The molecule has 0 radical (unpaired) electrons. The number of carboxylic acid groups (broad SMARTS) is 2. The van der Waals surface area contributed by atoms with Crippen molar-refractivity contribution in [3.05, 3.63) is 23.8 Å². The highest BCUT2D eigenvalue weighted by Crippen LogP contribution is 2.30. The van der Waals surface area contributed by atoms with E-state index in [1.807, 2.05) is 0 Å². The molecule has 2 N–H and O–H groups in total. The Hall–Kier alpha value is -3.61. The van der Waals surface area contributed by atoms with E-state index in [1.165, 1.54) is 30.1 Å². The number of Topliss-reactive ketones (excluding diaryl/α,β-unsaturated/α-hetero) is 1. The summed E-state index contributed by atoms with van der Waals surface area (Å²) in [7, 11) is 1.53. The maximum absolute atomic E-state index is 12.7. The van der Waals surface area contributed by atoms with Crippen molar-refractivity contribution in [2.24, 2.45) is 11.8 Å². The standard InChI is InChI=1S/C21H24N2O8/c1-23(21(29)14-4-2-13(9-22)3-5-14)10-16(24)15-6-7-17(30-11-19(25)26)18(8-15)31-12-20(27)28/h6-8,13-14H,2-5,10-12H2,1H3,(H,25,26)(H,27,28). The Kier molecular flexibility index (Phi) is 8.37. The highest BCUT2D eigenvalue weighted by Gasteiger charge is 2.29. The van der Waals surface area contributed by atoms with Crippen molar-refractivity contribution in [1.29, 1.82) is 5.26 Å². The predicted octanol–water partition coefficient (Wildman–Crippen LogP) is 1.58. The lowest BCUT2D eigenvalue weighted by molar-refractivity contribution is -0.140. The first kappa shape index (κ1) is 23.7. The molecule has 1 aliphatic rings. The van der Waals surface area contributed by atoms with Gasteiger partial charge in [-0.3, -0.25) is 9.59 Å². The van der Waals surface area contributed by atoms with Gasteiger partial charge in [-0.05, 0) is 43.9 Å². The van der Waals surface area contributed by atoms with Crippen LogP contribution in [0, 0.1) is 23.2 Å². The van der Waals surface area contributed by atoms with Gasteiger partial charge < -0.3 is 24.6 Å². The number of aliphatic carboxylic acids is 2. The van der Waals surface area contributed by atoms with Gasteiger partial charge in [0.25, 0.3) is 0 Å². The highest BCUT2D eigenvalue weighted by atomic mass is 16.5. The van der Waals surface area contributed by atoms with Crippen LogP contribution in [0.15, 0.2) is 18.2 Å². The average Bonchev–Trinajstić information content (AvgIpc) is 2.75. The van der Waals surface area contributed by atoms with Gasteiger partial charge in [0.2, 0.25) is 5.91 Å². The van der Waals surface area contributed by atoms with Crippen LogP contribution in [0.5, 0.6) is 11.5 Å². The molecule has 10 heteroatoms. The number of rotatable bonds is 10. The summed E-state index contributed by atoms with van der Waals surface area (Å²) in [5, 5.41) is 26.5. The molecule has 0 aliphatic heterocycles. The Morgan fingerprint density at radius 1 is 1.03 bits per heavy atom. The smallest absolute Gasteiger partial charge is 0.341 e. The van der Waals surface area contributed by atoms with Crippen molar-refractivity contribution in [2.75, 3.05) is 26.8 Å². The quantitative estimate of drug-likeness (QED) is 0.524. The van der Waals surface area contributed by atoms with E-state index in [2.05, 4.69) is 6.07 Å². The average molecular weight is 432 g/mol. The zero-order valence-electron chi connectivity index (χ0n) is 17.1. The van der Waals surface area contributed by atoms with E-state index in [0.29, 0.717) is 25.7 Å². The summed E-state index contributed by atoms with van der Waals surface area (Å²) < 4.78 is 10.2. The predicted molar refractivity (Wildman–Crippen MR) is 106 cm³/mol. The number of amides is 1. The van der Waals surface area contributed by atoms with E-state index in [-0.39, 0.29) is 41.4 Å². The zero-order valence-corrected chi connectivity index (χ0v) is 17.1. The van der Waals surface area contributed by atoms with Gasteiger partial charge in [-0.15, -0.1) is 0 Å². The molecule has 2 rings (SSSR count). The van der Waals surface area contributed by atoms with Crippen LogP contribution in [0.1, 0.15) is 36.0 Å². The maximum Gasteiger partial charge on any atom is 0.341 e. The van der Waals surface area contributed by atoms with E-state index in [1.54, 1.807) is 0 Å². The molecule has 0 aromatic heterocycles. The lowest BCUT2D eigenvalue weighted by Crippen LogP contribution is -2.38. The molecule has 166 valence electrons. The van der Waals surface area contributed by atoms with Crippen LogP contribution in [-0.2, 0) is 14.4 Å². The molecule has 0 unspecified atom stereocenters. The lowest BCUT2D eigenvalue weighted by Gasteiger charge is -2.27. The SMILES string of the molecule is CN(CC(=O)c1ccc(OCC(=O)O)c(OCC(=O)O)c1)C(=O)C1CCC(C#N)CC1. The molecule has 1 aliphatic carbocycles. The van der Waals surface area contributed by atoms with E-state index in [0.717, 1.165) is 0 Å². The Labute approximate surface area is 179 Å². The Balaban J connectivity index is 2.06. The van der Waals surface area contributed by atoms with Crippen LogP contribution in [0.25, 0.3) is 0 Å². The molecule has 0 saturated heterocycles. The zero-order chi connectivity index (χ0) is 23.0. The summed E-state index contributed by atoms with van der Waals surface area (Å²) in [6, 6.07) is 6.19. The van der Waals surface area contributed by atoms with E-state index >= 15 is 0 Å². The summed E-state index contributed by atoms with van der Waals surface area (Å²) in [6.07, 6.45) is 2.55. The number of ketones is 1. The number of nitrogens with zero attached hydrogens (tertiary/aromatic N) is 2. The van der Waals surface area contributed by atoms with Gasteiger partial charge in [0.15, 0.2) is 30.5 Å². The first-order valence-corrected chi connectivity index (χ1v) is 9.72. The topological polar surface area (TPSA) is 154 Å². The summed E-state index contributed by atoms with van der Waals surface area (Å²) in [5.41, 5.74) is 0.163. The van der Waals surface area contributed by atoms with Gasteiger partial charge in [-0.25, -0.2) is 9.59 Å². The third-order valence-electron chi connectivity index (χ3n) is 4.98. The number of carbonyl (C=O) groups is 4. The fourth-order valence-electron chi connectivity index (χ4n) is 3.36. The number of hydrogen-bond acceptors (Lipinski definition) is 7. The minimum absolute atomic E-state index is 0.0149. The second kappa shape index (κ2) is 11.0. The van der Waals surface area contributed by atoms with Crippen LogP contribution in [0.2, 0.25) is 0 Å². The van der Waals surface area contributed by atoms with Gasteiger partial charge >= 0.3 is 11.9 Å². The second-order valence-corrected chi connectivity index (χ2v) is 7.32. The van der Waals surface area contributed by atoms with Crippen molar-refractivity contribution in [2.45, 2.75) is 25.7 Å². The number of likely N-dealkylation sites (N-methyl/N-ethyl adjacent to an activating group) is 1. The molecule has 1 aromatic carbocycles. The van der Waals surface area contributed by atoms with E-state index in [4.69, 9.17) is 24.9 Å². The molecule has 0 spiro atoms. The number of benzene rings is 1. The molecular weight excluding hydrogens is 408 g/mol. The number of carbonyl (C=O) groups excluding carboxylic acids is 2. The minimum atomic E-state index is -1.25. The molecular formula is C21H24N2O8. The Morgan fingerprint density at radius 3 is 2.16 bits per heavy atom. The first-order chi connectivity index (χ1) is 14.7. The molecule has 1 aromatic rings. The summed E-state index contributed by atoms with van der Waals surface area (Å²) in [6.45, 7) is -1.56. The fraction of sp³-hybridized carbons (Fsp3) is 0.476. The molecule has 1 amide bonds. The number of ether oxygens (including phenoxy) is 2. The molecule has 0 heterocycles. The van der Waals surface area contributed by atoms with E-state index in [9.17, 15) is 19.2 Å². The van der Waals surface area contributed by atoms with Crippen LogP contribution in [-0.4, -0.2) is 65.5 Å². The first-order valence-electron chi connectivity index (χ1n) is 9.72. The fourth-order valence-corrected chi connectivity index (χ4v) is 3.36. The highest BCUT2D eigenvalue weighted by molar-refractivity contribution is 6.00. The lowest BCUT2D eigenvalue weighted by atomic mass is 9.82. The van der Waals surface area contributed by atoms with Gasteiger partial charge in [0.1, 0.15) is 0 Å². The van der Waals surface area contributed by atoms with Gasteiger partial charge in [0, 0.05) is 24.4 Å². The molecule has 31 heavy (non-hydrogen) atoms. The van der Waals surface area contributed by atoms with Crippen LogP contribution < -0.4 is 9.47 Å². The van der Waals surface area contributed by atoms with E-state index < -0.39 is 30.9 Å². The van der Waals surface area contributed by atoms with Crippen molar-refractivity contribution in [3.8, 4) is 17.6 Å². The third-order valence-corrected chi connectivity index (χ3v) is 4.98. The molecule has 0 atom stereocenters. The van der Waals surface area contributed by atoms with Gasteiger partial charge in [-0.1, -0.05) is 0 Å².